The lowest BCUT2D eigenvalue weighted by Gasteiger charge is -2.58. The van der Waals surface area contributed by atoms with Crippen LogP contribution in [-0.2, 0) is 30.3 Å². The molecule has 5 heteroatoms. The summed E-state index contributed by atoms with van der Waals surface area (Å²) in [7, 11) is 0. The normalized spacial score (nSPS) is 37.6. The topological polar surface area (TPSA) is 69.7 Å². The van der Waals surface area contributed by atoms with Crippen LogP contribution in [0.4, 0.5) is 0 Å². The molecule has 0 unspecified atom stereocenters. The number of carbonyl (C=O) groups is 3. The summed E-state index contributed by atoms with van der Waals surface area (Å²) < 4.78 is 11.8. The Balaban J connectivity index is 1.36. The van der Waals surface area contributed by atoms with Crippen molar-refractivity contribution in [1.29, 1.82) is 0 Å². The smallest absolute Gasteiger partial charge is 0.306 e. The van der Waals surface area contributed by atoms with Crippen LogP contribution in [0.3, 0.4) is 0 Å². The quantitative estimate of drug-likeness (QED) is 0.399. The third-order valence-corrected chi connectivity index (χ3v) is 10.7. The molecule has 4 aliphatic carbocycles. The lowest BCUT2D eigenvalue weighted by atomic mass is 9.47. The number of fused-ring (bicyclic) bond motifs is 5. The van der Waals surface area contributed by atoms with Crippen molar-refractivity contribution in [2.45, 2.75) is 97.7 Å². The molecular formula is C33H42O5. The molecule has 0 amide bonds. The molecular weight excluding hydrogens is 476 g/mol. The largest absolute Gasteiger partial charge is 0.458 e. The number of carbonyl (C=O) groups excluding carboxylic acids is 3. The molecule has 4 aliphatic rings. The van der Waals surface area contributed by atoms with Crippen molar-refractivity contribution in [3.63, 3.8) is 0 Å². The van der Waals surface area contributed by atoms with Gasteiger partial charge in [-0.2, -0.15) is 0 Å². The van der Waals surface area contributed by atoms with E-state index in [1.165, 1.54) is 18.1 Å². The fourth-order valence-corrected chi connectivity index (χ4v) is 8.83. The van der Waals surface area contributed by atoms with Gasteiger partial charge in [-0.15, -0.1) is 0 Å². The molecule has 0 N–H and O–H groups in total. The van der Waals surface area contributed by atoms with Gasteiger partial charge >= 0.3 is 11.9 Å². The maximum Gasteiger partial charge on any atom is 0.306 e. The Labute approximate surface area is 227 Å². The van der Waals surface area contributed by atoms with Crippen LogP contribution < -0.4 is 0 Å². The van der Waals surface area contributed by atoms with Gasteiger partial charge in [0.1, 0.15) is 6.10 Å². The van der Waals surface area contributed by atoms with Gasteiger partial charge in [0.15, 0.2) is 11.4 Å². The highest BCUT2D eigenvalue weighted by Crippen LogP contribution is 2.68. The molecule has 7 atom stereocenters. The Morgan fingerprint density at radius 2 is 1.63 bits per heavy atom. The van der Waals surface area contributed by atoms with E-state index >= 15 is 0 Å². The van der Waals surface area contributed by atoms with Gasteiger partial charge in [0.2, 0.25) is 0 Å². The maximum absolute atomic E-state index is 13.0. The van der Waals surface area contributed by atoms with Crippen molar-refractivity contribution in [1.82, 2.24) is 0 Å². The molecule has 0 saturated heterocycles. The molecule has 1 aromatic rings. The molecule has 0 heterocycles. The predicted octanol–water partition coefficient (Wildman–Crippen LogP) is 6.55. The Kier molecular flexibility index (Phi) is 6.94. The number of ether oxygens (including phenoxy) is 2. The molecule has 5 rings (SSSR count). The number of ketones is 1. The molecule has 5 nitrogen and oxygen atoms in total. The third kappa shape index (κ3) is 4.26. The predicted molar refractivity (Wildman–Crippen MR) is 146 cm³/mol. The number of aryl methyl sites for hydroxylation is 1. The van der Waals surface area contributed by atoms with Crippen LogP contribution in [0.25, 0.3) is 0 Å². The first kappa shape index (κ1) is 26.9. The lowest BCUT2D eigenvalue weighted by Crippen LogP contribution is -2.58. The van der Waals surface area contributed by atoms with Gasteiger partial charge < -0.3 is 9.47 Å². The van der Waals surface area contributed by atoms with Crippen LogP contribution in [0.15, 0.2) is 53.6 Å². The van der Waals surface area contributed by atoms with Crippen molar-refractivity contribution in [3.05, 3.63) is 59.2 Å². The van der Waals surface area contributed by atoms with Gasteiger partial charge in [0.25, 0.3) is 0 Å². The summed E-state index contributed by atoms with van der Waals surface area (Å²) in [6, 6.07) is 10.1. The van der Waals surface area contributed by atoms with E-state index in [4.69, 9.17) is 9.47 Å². The summed E-state index contributed by atoms with van der Waals surface area (Å²) in [5, 5.41) is 0. The maximum atomic E-state index is 13.0. The minimum atomic E-state index is -1.02. The van der Waals surface area contributed by atoms with Crippen molar-refractivity contribution in [2.75, 3.05) is 0 Å². The first-order valence-electron chi connectivity index (χ1n) is 14.4. The van der Waals surface area contributed by atoms with Crippen molar-refractivity contribution >= 4 is 17.7 Å². The number of Topliss-reactive ketones (excluding diaryl/α,β-unsaturated/α-hetero) is 1. The van der Waals surface area contributed by atoms with Crippen molar-refractivity contribution in [2.24, 2.45) is 28.6 Å². The minimum Gasteiger partial charge on any atom is -0.458 e. The summed E-state index contributed by atoms with van der Waals surface area (Å²) in [6.07, 6.45) is 10.7. The molecule has 0 spiro atoms. The second-order valence-electron chi connectivity index (χ2n) is 12.7. The van der Waals surface area contributed by atoms with Crippen LogP contribution in [0.2, 0.25) is 0 Å². The molecule has 1 aromatic carbocycles. The molecule has 0 bridgehead atoms. The fourth-order valence-electron chi connectivity index (χ4n) is 8.83. The van der Waals surface area contributed by atoms with E-state index in [0.717, 1.165) is 37.7 Å². The monoisotopic (exact) mass is 518 g/mol. The van der Waals surface area contributed by atoms with Crippen molar-refractivity contribution < 1.29 is 23.9 Å². The Hall–Kier alpha value is -2.69. The molecule has 2 saturated carbocycles. The molecule has 0 radical (unpaired) electrons. The average Bonchev–Trinajstić information content (AvgIpc) is 3.17. The first-order valence-corrected chi connectivity index (χ1v) is 14.4. The van der Waals surface area contributed by atoms with Gasteiger partial charge in [-0.05, 0) is 99.2 Å². The summed E-state index contributed by atoms with van der Waals surface area (Å²) in [5.41, 5.74) is 2.38. The zero-order valence-electron chi connectivity index (χ0n) is 23.5. The summed E-state index contributed by atoms with van der Waals surface area (Å²) in [6.45, 7) is 9.78. The fraction of sp³-hybridized carbons (Fsp3) is 0.606. The molecule has 0 aromatic heterocycles. The second kappa shape index (κ2) is 9.81. The molecule has 0 aliphatic heterocycles. The zero-order chi connectivity index (χ0) is 27.3. The number of hydrogen-bond donors (Lipinski definition) is 0. The van der Waals surface area contributed by atoms with Crippen LogP contribution in [0.5, 0.6) is 0 Å². The highest BCUT2D eigenvalue weighted by atomic mass is 16.6. The average molecular weight is 519 g/mol. The van der Waals surface area contributed by atoms with Gasteiger partial charge in [-0.3, -0.25) is 14.4 Å². The van der Waals surface area contributed by atoms with Crippen LogP contribution in [0, 0.1) is 28.6 Å². The highest BCUT2D eigenvalue weighted by Gasteiger charge is 2.67. The van der Waals surface area contributed by atoms with E-state index in [2.05, 4.69) is 32.9 Å². The lowest BCUT2D eigenvalue weighted by molar-refractivity contribution is -0.185. The Bertz CT molecular complexity index is 1180. The summed E-state index contributed by atoms with van der Waals surface area (Å²) in [5.74, 6) is 0.580. The Morgan fingerprint density at radius 3 is 2.32 bits per heavy atom. The van der Waals surface area contributed by atoms with E-state index in [9.17, 15) is 14.4 Å². The van der Waals surface area contributed by atoms with E-state index in [0.29, 0.717) is 37.0 Å². The van der Waals surface area contributed by atoms with E-state index in [-0.39, 0.29) is 34.7 Å². The summed E-state index contributed by atoms with van der Waals surface area (Å²) in [4.78, 5) is 37.7. The summed E-state index contributed by atoms with van der Waals surface area (Å²) >= 11 is 0. The van der Waals surface area contributed by atoms with E-state index in [1.807, 2.05) is 30.3 Å². The van der Waals surface area contributed by atoms with Gasteiger partial charge in [0.05, 0.1) is 0 Å². The molecule has 204 valence electrons. The molecule has 38 heavy (non-hydrogen) atoms. The van der Waals surface area contributed by atoms with E-state index < -0.39 is 5.60 Å². The van der Waals surface area contributed by atoms with E-state index in [1.54, 1.807) is 6.92 Å². The number of benzene rings is 1. The van der Waals surface area contributed by atoms with Crippen LogP contribution in [0.1, 0.15) is 85.1 Å². The van der Waals surface area contributed by atoms with Crippen LogP contribution in [-0.4, -0.2) is 29.4 Å². The van der Waals surface area contributed by atoms with Gasteiger partial charge in [0, 0.05) is 18.8 Å². The second-order valence-corrected chi connectivity index (χ2v) is 12.7. The number of allylic oxidation sites excluding steroid dienone is 3. The first-order chi connectivity index (χ1) is 18.0. The number of esters is 2. The van der Waals surface area contributed by atoms with Crippen LogP contribution >= 0.6 is 0 Å². The Morgan fingerprint density at radius 1 is 0.921 bits per heavy atom. The highest BCUT2D eigenvalue weighted by molar-refractivity contribution is 5.89. The standard InChI is InChI=1S/C33H42O5/c1-21-19-26-27(14-17-32(5)28(26)15-18-33(32,22(2)34)38-23(3)35)31(4)16-13-25(20-29(21)31)37-30(36)12-11-24-9-7-6-8-10-24/h6-10,19-20,25-28H,11-18H2,1-5H3/t25-,26-,27-,28-,31+,32-,33+/m1/s1. The number of rotatable bonds is 6. The van der Waals surface area contributed by atoms with Crippen molar-refractivity contribution in [3.8, 4) is 0 Å². The zero-order valence-corrected chi connectivity index (χ0v) is 23.5. The SMILES string of the molecule is CC(=O)O[C@]1(C(C)=O)CC[C@@H]2[C@@H]3C=C(C)C4=C[C@H](OC(=O)CCc5ccccc5)CC[C@@]4(C)[C@@H]3CC[C@]21C. The van der Waals surface area contributed by atoms with Gasteiger partial charge in [-0.1, -0.05) is 55.8 Å². The minimum absolute atomic E-state index is 0.0146. The number of hydrogen-bond acceptors (Lipinski definition) is 5. The molecule has 2 fully saturated rings. The van der Waals surface area contributed by atoms with Gasteiger partial charge in [-0.25, -0.2) is 0 Å². The third-order valence-electron chi connectivity index (χ3n) is 10.7.